The predicted octanol–water partition coefficient (Wildman–Crippen LogP) is 0.893. The Morgan fingerprint density at radius 1 is 1.55 bits per heavy atom. The Kier molecular flexibility index (Phi) is 1.62. The third-order valence-corrected chi connectivity index (χ3v) is 1.09. The summed E-state index contributed by atoms with van der Waals surface area (Å²) in [5.74, 6) is -2.41. The van der Waals surface area contributed by atoms with Crippen molar-refractivity contribution in [3.63, 3.8) is 0 Å². The third kappa shape index (κ3) is 1.50. The van der Waals surface area contributed by atoms with E-state index in [9.17, 15) is 18.0 Å². The molecule has 0 bridgehead atoms. The van der Waals surface area contributed by atoms with Crippen molar-refractivity contribution in [2.24, 2.45) is 4.99 Å². The van der Waals surface area contributed by atoms with Gasteiger partial charge in [-0.2, -0.15) is 13.2 Å². The molecule has 0 saturated heterocycles. The van der Waals surface area contributed by atoms with Gasteiger partial charge in [-0.3, -0.25) is 0 Å². The highest BCUT2D eigenvalue weighted by molar-refractivity contribution is 5.99. The molecule has 11 heavy (non-hydrogen) atoms. The minimum Gasteiger partial charge on any atom is -0.401 e. The number of ether oxygens (including phenoxy) is 1. The maximum atomic E-state index is 11.7. The van der Waals surface area contributed by atoms with Crippen molar-refractivity contribution >= 4 is 11.9 Å². The number of carbonyl (C=O) groups excluding carboxylic acids is 1. The van der Waals surface area contributed by atoms with Gasteiger partial charge in [0.2, 0.25) is 0 Å². The number of carbonyl (C=O) groups is 1. The van der Waals surface area contributed by atoms with Gasteiger partial charge in [-0.05, 0) is 6.92 Å². The van der Waals surface area contributed by atoms with Gasteiger partial charge in [-0.1, -0.05) is 0 Å². The fraction of sp³-hybridized carbons (Fsp3) is 0.600. The van der Waals surface area contributed by atoms with Gasteiger partial charge in [0, 0.05) is 0 Å². The van der Waals surface area contributed by atoms with E-state index in [1.807, 2.05) is 0 Å². The summed E-state index contributed by atoms with van der Waals surface area (Å²) in [5, 5.41) is 0. The summed E-state index contributed by atoms with van der Waals surface area (Å²) >= 11 is 0. The van der Waals surface area contributed by atoms with Crippen LogP contribution in [0.3, 0.4) is 0 Å². The van der Waals surface area contributed by atoms with E-state index in [4.69, 9.17) is 0 Å². The molecule has 0 radical (unpaired) electrons. The molecule has 1 atom stereocenters. The molecule has 0 aromatic heterocycles. The Hall–Kier alpha value is -1.07. The Morgan fingerprint density at radius 2 is 2.09 bits per heavy atom. The Labute approximate surface area is 59.9 Å². The van der Waals surface area contributed by atoms with Crippen LogP contribution in [-0.2, 0) is 9.53 Å². The van der Waals surface area contributed by atoms with Crippen LogP contribution in [-0.4, -0.2) is 24.1 Å². The number of aliphatic imine (C=N–C) groups is 1. The maximum Gasteiger partial charge on any atom is 0.468 e. The van der Waals surface area contributed by atoms with Gasteiger partial charge in [-0.15, -0.1) is 0 Å². The maximum absolute atomic E-state index is 11.7. The molecule has 1 rings (SSSR count). The molecule has 62 valence electrons. The number of rotatable bonds is 0. The van der Waals surface area contributed by atoms with Gasteiger partial charge in [0.25, 0.3) is 0 Å². The highest BCUT2D eigenvalue weighted by atomic mass is 19.4. The second-order valence-corrected chi connectivity index (χ2v) is 2.03. The lowest BCUT2D eigenvalue weighted by Crippen LogP contribution is -2.24. The lowest BCUT2D eigenvalue weighted by Gasteiger charge is -2.02. The van der Waals surface area contributed by atoms with Crippen molar-refractivity contribution in [1.29, 1.82) is 0 Å². The van der Waals surface area contributed by atoms with E-state index in [2.05, 4.69) is 9.73 Å². The van der Waals surface area contributed by atoms with Crippen LogP contribution in [0.4, 0.5) is 13.2 Å². The molecule has 0 fully saturated rings. The van der Waals surface area contributed by atoms with E-state index in [0.717, 1.165) is 0 Å². The van der Waals surface area contributed by atoms with Crippen LogP contribution in [0, 0.1) is 0 Å². The zero-order chi connectivity index (χ0) is 8.65. The van der Waals surface area contributed by atoms with Gasteiger partial charge in [-0.25, -0.2) is 9.79 Å². The van der Waals surface area contributed by atoms with Crippen LogP contribution in [0.25, 0.3) is 0 Å². The van der Waals surface area contributed by atoms with Crippen LogP contribution < -0.4 is 0 Å². The minimum absolute atomic E-state index is 0.961. The number of esters is 1. The first kappa shape index (κ1) is 8.03. The Balaban J connectivity index is 2.79. The molecule has 0 saturated carbocycles. The van der Waals surface area contributed by atoms with Crippen LogP contribution >= 0.6 is 0 Å². The first-order valence-electron chi connectivity index (χ1n) is 2.78. The van der Waals surface area contributed by atoms with Crippen molar-refractivity contribution in [3.05, 3.63) is 0 Å². The molecule has 0 aromatic rings. The summed E-state index contributed by atoms with van der Waals surface area (Å²) in [7, 11) is 0. The van der Waals surface area contributed by atoms with Crippen molar-refractivity contribution in [1.82, 2.24) is 0 Å². The van der Waals surface area contributed by atoms with E-state index in [-0.39, 0.29) is 0 Å². The molecule has 1 aliphatic heterocycles. The Bertz CT molecular complexity index is 220. The topological polar surface area (TPSA) is 38.7 Å². The number of halogens is 3. The summed E-state index contributed by atoms with van der Waals surface area (Å²) in [6.45, 7) is 1.24. The molecule has 1 aliphatic rings. The van der Waals surface area contributed by atoms with E-state index in [0.29, 0.717) is 0 Å². The largest absolute Gasteiger partial charge is 0.468 e. The smallest absolute Gasteiger partial charge is 0.401 e. The fourth-order valence-electron chi connectivity index (χ4n) is 0.567. The molecular formula is C5H4F3NO2. The summed E-state index contributed by atoms with van der Waals surface area (Å²) in [6, 6.07) is -1.04. The van der Waals surface area contributed by atoms with Crippen molar-refractivity contribution in [2.75, 3.05) is 0 Å². The van der Waals surface area contributed by atoms with Gasteiger partial charge in [0.1, 0.15) is 6.04 Å². The van der Waals surface area contributed by atoms with Crippen LogP contribution in [0.5, 0.6) is 0 Å². The molecule has 3 nitrogen and oxygen atoms in total. The molecule has 0 aliphatic carbocycles. The Morgan fingerprint density at radius 3 is 2.27 bits per heavy atom. The van der Waals surface area contributed by atoms with Crippen LogP contribution in [0.2, 0.25) is 0 Å². The third-order valence-electron chi connectivity index (χ3n) is 1.09. The number of hydrogen-bond acceptors (Lipinski definition) is 3. The second kappa shape index (κ2) is 2.21. The van der Waals surface area contributed by atoms with Gasteiger partial charge < -0.3 is 4.74 Å². The van der Waals surface area contributed by atoms with E-state index < -0.39 is 24.1 Å². The van der Waals surface area contributed by atoms with Gasteiger partial charge in [0.05, 0.1) is 0 Å². The van der Waals surface area contributed by atoms with E-state index >= 15 is 0 Å². The lowest BCUT2D eigenvalue weighted by atomic mass is 10.4. The normalized spacial score (nSPS) is 24.9. The fourth-order valence-corrected chi connectivity index (χ4v) is 0.567. The molecule has 1 unspecified atom stereocenters. The predicted molar refractivity (Wildman–Crippen MR) is 29.0 cm³/mol. The molecule has 0 spiro atoms. The van der Waals surface area contributed by atoms with Crippen LogP contribution in [0.1, 0.15) is 6.92 Å². The van der Waals surface area contributed by atoms with Crippen molar-refractivity contribution in [3.8, 4) is 0 Å². The second-order valence-electron chi connectivity index (χ2n) is 2.03. The molecule has 0 aromatic carbocycles. The zero-order valence-corrected chi connectivity index (χ0v) is 5.47. The standard InChI is InChI=1S/C5H4F3NO2/c1-2-3(10)11-4(9-2)5(6,7)8/h2H,1H3. The van der Waals surface area contributed by atoms with Crippen molar-refractivity contribution in [2.45, 2.75) is 19.1 Å². The average Bonchev–Trinajstić information content (AvgIpc) is 2.11. The summed E-state index contributed by atoms with van der Waals surface area (Å²) in [6.07, 6.45) is -4.65. The summed E-state index contributed by atoms with van der Waals surface area (Å²) in [5.41, 5.74) is 0. The lowest BCUT2D eigenvalue weighted by molar-refractivity contribution is -0.138. The average molecular weight is 167 g/mol. The summed E-state index contributed by atoms with van der Waals surface area (Å²) in [4.78, 5) is 13.4. The summed E-state index contributed by atoms with van der Waals surface area (Å²) < 4.78 is 38.9. The van der Waals surface area contributed by atoms with Gasteiger partial charge in [0.15, 0.2) is 0 Å². The van der Waals surface area contributed by atoms with E-state index in [1.165, 1.54) is 6.92 Å². The quantitative estimate of drug-likeness (QED) is 0.502. The minimum atomic E-state index is -4.65. The zero-order valence-electron chi connectivity index (χ0n) is 5.47. The molecular weight excluding hydrogens is 163 g/mol. The number of alkyl halides is 3. The first-order valence-corrected chi connectivity index (χ1v) is 2.78. The highest BCUT2D eigenvalue weighted by Crippen LogP contribution is 2.22. The van der Waals surface area contributed by atoms with Crippen molar-refractivity contribution < 1.29 is 22.7 Å². The van der Waals surface area contributed by atoms with E-state index in [1.54, 1.807) is 0 Å². The van der Waals surface area contributed by atoms with Crippen LogP contribution in [0.15, 0.2) is 4.99 Å². The molecule has 0 amide bonds. The molecule has 0 N–H and O–H groups in total. The first-order chi connectivity index (χ1) is 4.91. The highest BCUT2D eigenvalue weighted by Gasteiger charge is 2.44. The number of hydrogen-bond donors (Lipinski definition) is 0. The van der Waals surface area contributed by atoms with Gasteiger partial charge >= 0.3 is 18.0 Å². The number of cyclic esters (lactones) is 1. The SMILES string of the molecule is CC1N=C(C(F)(F)F)OC1=O. The number of nitrogens with zero attached hydrogens (tertiary/aromatic N) is 1. The molecule has 6 heteroatoms. The monoisotopic (exact) mass is 167 g/mol. The molecule has 1 heterocycles.